The second kappa shape index (κ2) is 14.1. The summed E-state index contributed by atoms with van der Waals surface area (Å²) in [6.45, 7) is 0.504. The second-order valence-electron chi connectivity index (χ2n) is 7.83. The van der Waals surface area contributed by atoms with Gasteiger partial charge in [-0.2, -0.15) is 10.2 Å². The van der Waals surface area contributed by atoms with Gasteiger partial charge in [0, 0.05) is 35.3 Å². The van der Waals surface area contributed by atoms with E-state index in [2.05, 4.69) is 26.4 Å². The van der Waals surface area contributed by atoms with Gasteiger partial charge in [-0.1, -0.05) is 24.3 Å². The number of rotatable bonds is 12. The van der Waals surface area contributed by atoms with Crippen molar-refractivity contribution < 1.29 is 27.8 Å². The standard InChI is InChI=1S/C27H27F2N5O4/c1-37-22-8-3-6-19(25(22)28)16-31-33-24(35)10-5-15-30-21-13-11-18(12-14-21)27(36)34-32-17-20-7-4-9-23(38-2)26(20)29/h3-4,6-9,11-14,16-17,30H,5,10,15H2,1-2H3,(H,33,35)(H,34,36). The molecule has 0 unspecified atom stereocenters. The third-order valence-electron chi connectivity index (χ3n) is 5.25. The molecule has 0 fully saturated rings. The highest BCUT2D eigenvalue weighted by Gasteiger charge is 2.08. The molecule has 0 atom stereocenters. The van der Waals surface area contributed by atoms with Gasteiger partial charge in [0.2, 0.25) is 5.91 Å². The van der Waals surface area contributed by atoms with E-state index in [1.165, 1.54) is 50.9 Å². The van der Waals surface area contributed by atoms with Crippen LogP contribution in [0, 0.1) is 11.6 Å². The van der Waals surface area contributed by atoms with Crippen LogP contribution in [0.25, 0.3) is 0 Å². The summed E-state index contributed by atoms with van der Waals surface area (Å²) in [7, 11) is 2.73. The van der Waals surface area contributed by atoms with Crippen LogP contribution in [0.2, 0.25) is 0 Å². The molecular weight excluding hydrogens is 496 g/mol. The molecule has 0 spiro atoms. The Bertz CT molecular complexity index is 1310. The van der Waals surface area contributed by atoms with E-state index >= 15 is 0 Å². The van der Waals surface area contributed by atoms with E-state index in [0.29, 0.717) is 18.5 Å². The second-order valence-corrected chi connectivity index (χ2v) is 7.83. The molecular formula is C27H27F2N5O4. The number of amides is 2. The van der Waals surface area contributed by atoms with Crippen molar-refractivity contribution in [2.45, 2.75) is 12.8 Å². The lowest BCUT2D eigenvalue weighted by Gasteiger charge is -2.07. The molecule has 3 aromatic rings. The molecule has 0 aliphatic carbocycles. The number of ether oxygens (including phenoxy) is 2. The van der Waals surface area contributed by atoms with Crippen LogP contribution in [0.4, 0.5) is 14.5 Å². The number of hydrogen-bond acceptors (Lipinski definition) is 7. The zero-order valence-corrected chi connectivity index (χ0v) is 20.8. The molecule has 198 valence electrons. The molecule has 0 saturated carbocycles. The van der Waals surface area contributed by atoms with Gasteiger partial charge in [0.1, 0.15) is 0 Å². The lowest BCUT2D eigenvalue weighted by atomic mass is 10.2. The Morgan fingerprint density at radius 1 is 0.816 bits per heavy atom. The normalized spacial score (nSPS) is 10.9. The number of anilines is 1. The first-order chi connectivity index (χ1) is 18.4. The Labute approximate surface area is 218 Å². The van der Waals surface area contributed by atoms with E-state index in [-0.39, 0.29) is 35.0 Å². The molecule has 2 amide bonds. The molecule has 0 radical (unpaired) electrons. The topological polar surface area (TPSA) is 113 Å². The quantitative estimate of drug-likeness (QED) is 0.188. The van der Waals surface area contributed by atoms with Crippen molar-refractivity contribution >= 4 is 29.9 Å². The highest BCUT2D eigenvalue weighted by atomic mass is 19.1. The summed E-state index contributed by atoms with van der Waals surface area (Å²) in [5, 5.41) is 10.7. The number of hydrazone groups is 2. The number of halogens is 2. The van der Waals surface area contributed by atoms with E-state index in [1.54, 1.807) is 36.4 Å². The average molecular weight is 524 g/mol. The summed E-state index contributed by atoms with van der Waals surface area (Å²) in [5.74, 6) is -1.72. The smallest absolute Gasteiger partial charge is 0.271 e. The predicted molar refractivity (Wildman–Crippen MR) is 141 cm³/mol. The van der Waals surface area contributed by atoms with E-state index in [0.717, 1.165) is 5.69 Å². The Morgan fingerprint density at radius 2 is 1.37 bits per heavy atom. The van der Waals surface area contributed by atoms with Crippen LogP contribution < -0.4 is 25.6 Å². The number of benzene rings is 3. The number of methoxy groups -OCH3 is 2. The van der Waals surface area contributed by atoms with Crippen molar-refractivity contribution in [3.63, 3.8) is 0 Å². The lowest BCUT2D eigenvalue weighted by molar-refractivity contribution is -0.121. The SMILES string of the molecule is COc1cccc(C=NNC(=O)CCCNc2ccc(C(=O)NN=Cc3cccc(OC)c3F)cc2)c1F. The van der Waals surface area contributed by atoms with Gasteiger partial charge in [0.15, 0.2) is 23.1 Å². The van der Waals surface area contributed by atoms with E-state index < -0.39 is 17.5 Å². The fourth-order valence-electron chi connectivity index (χ4n) is 3.25. The van der Waals surface area contributed by atoms with Crippen LogP contribution in [0.3, 0.4) is 0 Å². The predicted octanol–water partition coefficient (Wildman–Crippen LogP) is 4.09. The average Bonchev–Trinajstić information content (AvgIpc) is 2.93. The van der Waals surface area contributed by atoms with Crippen molar-refractivity contribution in [2.24, 2.45) is 10.2 Å². The molecule has 0 heterocycles. The molecule has 0 aliphatic rings. The summed E-state index contributed by atoms with van der Waals surface area (Å²) in [6.07, 6.45) is 3.14. The first-order valence-electron chi connectivity index (χ1n) is 11.6. The molecule has 11 heteroatoms. The summed E-state index contributed by atoms with van der Waals surface area (Å²) >= 11 is 0. The van der Waals surface area contributed by atoms with Crippen molar-refractivity contribution in [1.29, 1.82) is 0 Å². The number of nitrogens with one attached hydrogen (secondary N) is 3. The van der Waals surface area contributed by atoms with Crippen molar-refractivity contribution in [3.05, 3.63) is 89.0 Å². The maximum absolute atomic E-state index is 14.1. The minimum absolute atomic E-state index is 0.0821. The number of hydrogen-bond donors (Lipinski definition) is 3. The zero-order valence-electron chi connectivity index (χ0n) is 20.8. The van der Waals surface area contributed by atoms with Gasteiger partial charge in [-0.15, -0.1) is 0 Å². The van der Waals surface area contributed by atoms with Gasteiger partial charge >= 0.3 is 0 Å². The monoisotopic (exact) mass is 523 g/mol. The summed E-state index contributed by atoms with van der Waals surface area (Å²) in [4.78, 5) is 24.2. The van der Waals surface area contributed by atoms with E-state index in [1.807, 2.05) is 0 Å². The first kappa shape index (κ1) is 27.8. The van der Waals surface area contributed by atoms with Gasteiger partial charge in [-0.25, -0.2) is 19.6 Å². The largest absolute Gasteiger partial charge is 0.494 e. The van der Waals surface area contributed by atoms with Crippen LogP contribution >= 0.6 is 0 Å². The van der Waals surface area contributed by atoms with Crippen LogP contribution in [-0.4, -0.2) is 45.0 Å². The lowest BCUT2D eigenvalue weighted by Crippen LogP contribution is -2.18. The Kier molecular flexibility index (Phi) is 10.3. The van der Waals surface area contributed by atoms with Crippen LogP contribution in [0.5, 0.6) is 11.5 Å². The third-order valence-corrected chi connectivity index (χ3v) is 5.25. The molecule has 0 aromatic heterocycles. The van der Waals surface area contributed by atoms with Gasteiger partial charge < -0.3 is 14.8 Å². The maximum atomic E-state index is 14.1. The van der Waals surface area contributed by atoms with Crippen molar-refractivity contribution in [2.75, 3.05) is 26.1 Å². The van der Waals surface area contributed by atoms with Gasteiger partial charge in [-0.3, -0.25) is 9.59 Å². The van der Waals surface area contributed by atoms with E-state index in [9.17, 15) is 18.4 Å². The van der Waals surface area contributed by atoms with E-state index in [4.69, 9.17) is 9.47 Å². The molecule has 0 saturated heterocycles. The van der Waals surface area contributed by atoms with Crippen molar-refractivity contribution in [3.8, 4) is 11.5 Å². The molecule has 0 aliphatic heterocycles. The maximum Gasteiger partial charge on any atom is 0.271 e. The van der Waals surface area contributed by atoms with Gasteiger partial charge in [0.05, 0.1) is 26.6 Å². The highest BCUT2D eigenvalue weighted by molar-refractivity contribution is 5.95. The molecule has 3 aromatic carbocycles. The Hall–Kier alpha value is -4.80. The number of carbonyl (C=O) groups is 2. The van der Waals surface area contributed by atoms with Crippen molar-refractivity contribution in [1.82, 2.24) is 10.9 Å². The third kappa shape index (κ3) is 7.85. The van der Waals surface area contributed by atoms with Gasteiger partial charge in [0.25, 0.3) is 5.91 Å². The molecule has 3 N–H and O–H groups in total. The van der Waals surface area contributed by atoms with Crippen LogP contribution in [0.15, 0.2) is 70.9 Å². The first-order valence-corrected chi connectivity index (χ1v) is 11.6. The Balaban J connectivity index is 1.38. The molecule has 0 bridgehead atoms. The molecule has 3 rings (SSSR count). The minimum Gasteiger partial charge on any atom is -0.494 e. The van der Waals surface area contributed by atoms with Gasteiger partial charge in [-0.05, 0) is 42.8 Å². The molecule has 9 nitrogen and oxygen atoms in total. The fourth-order valence-corrected chi connectivity index (χ4v) is 3.25. The summed E-state index contributed by atoms with van der Waals surface area (Å²) in [6, 6.07) is 15.9. The number of carbonyl (C=O) groups excluding carboxylic acids is 2. The summed E-state index contributed by atoms with van der Waals surface area (Å²) < 4.78 is 38.0. The molecule has 38 heavy (non-hydrogen) atoms. The Morgan fingerprint density at radius 3 is 1.92 bits per heavy atom. The number of nitrogens with zero attached hydrogens (tertiary/aromatic N) is 2. The highest BCUT2D eigenvalue weighted by Crippen LogP contribution is 2.19. The zero-order chi connectivity index (χ0) is 27.3. The van der Waals surface area contributed by atoms with Crippen LogP contribution in [-0.2, 0) is 4.79 Å². The van der Waals surface area contributed by atoms with Crippen LogP contribution in [0.1, 0.15) is 34.3 Å². The minimum atomic E-state index is -0.572. The fraction of sp³-hybridized carbons (Fsp3) is 0.185. The summed E-state index contributed by atoms with van der Waals surface area (Å²) in [5.41, 5.74) is 6.21.